The fourth-order valence-corrected chi connectivity index (χ4v) is 1.59. The third-order valence-electron chi connectivity index (χ3n) is 2.23. The lowest BCUT2D eigenvalue weighted by atomic mass is 10.1. The van der Waals surface area contributed by atoms with Crippen LogP contribution in [0, 0.1) is 11.6 Å². The average Bonchev–Trinajstić information content (AvgIpc) is 2.60. The van der Waals surface area contributed by atoms with Crippen molar-refractivity contribution in [3.63, 3.8) is 0 Å². The number of halogens is 2. The van der Waals surface area contributed by atoms with E-state index in [1.54, 1.807) is 0 Å². The molecule has 0 fully saturated rings. The molecule has 0 aromatic heterocycles. The predicted octanol–water partition coefficient (Wildman–Crippen LogP) is 1.38. The standard InChI is InChI=1S/C9H9F2NO2/c10-7-3-8(11)6(4-12-13)9-5(7)1-2-14-9/h3,12-13H,1-2,4H2. The normalized spacial score (nSPS) is 13.9. The van der Waals surface area contributed by atoms with E-state index in [2.05, 4.69) is 0 Å². The maximum absolute atomic E-state index is 13.2. The smallest absolute Gasteiger partial charge is 0.134 e. The molecule has 3 nitrogen and oxygen atoms in total. The van der Waals surface area contributed by atoms with Crippen molar-refractivity contribution < 1.29 is 18.7 Å². The summed E-state index contributed by atoms with van der Waals surface area (Å²) >= 11 is 0. The third-order valence-corrected chi connectivity index (χ3v) is 2.23. The molecule has 0 saturated carbocycles. The van der Waals surface area contributed by atoms with E-state index in [0.29, 0.717) is 18.6 Å². The highest BCUT2D eigenvalue weighted by Crippen LogP contribution is 2.33. The summed E-state index contributed by atoms with van der Waals surface area (Å²) in [6.07, 6.45) is 0.444. The van der Waals surface area contributed by atoms with Gasteiger partial charge in [-0.25, -0.2) is 14.3 Å². The number of nitrogens with one attached hydrogen (secondary N) is 1. The fraction of sp³-hybridized carbons (Fsp3) is 0.333. The van der Waals surface area contributed by atoms with Gasteiger partial charge in [0.15, 0.2) is 0 Å². The molecule has 1 aromatic rings. The third kappa shape index (κ3) is 1.34. The summed E-state index contributed by atoms with van der Waals surface area (Å²) in [5.41, 5.74) is 2.39. The highest BCUT2D eigenvalue weighted by atomic mass is 19.1. The SMILES string of the molecule is ONCc1c(F)cc(F)c2c1OCC2. The topological polar surface area (TPSA) is 41.5 Å². The van der Waals surface area contributed by atoms with Gasteiger partial charge in [-0.3, -0.25) is 0 Å². The summed E-state index contributed by atoms with van der Waals surface area (Å²) in [4.78, 5) is 0. The van der Waals surface area contributed by atoms with Crippen LogP contribution in [-0.2, 0) is 13.0 Å². The van der Waals surface area contributed by atoms with Gasteiger partial charge in [0.2, 0.25) is 0 Å². The Balaban J connectivity index is 2.54. The van der Waals surface area contributed by atoms with Crippen molar-refractivity contribution in [2.24, 2.45) is 0 Å². The molecule has 0 atom stereocenters. The van der Waals surface area contributed by atoms with Gasteiger partial charge in [-0.1, -0.05) is 0 Å². The Bertz CT molecular complexity index is 368. The van der Waals surface area contributed by atoms with Crippen molar-refractivity contribution in [3.05, 3.63) is 28.8 Å². The van der Waals surface area contributed by atoms with Gasteiger partial charge in [-0.05, 0) is 0 Å². The van der Waals surface area contributed by atoms with Gasteiger partial charge in [0, 0.05) is 23.6 Å². The van der Waals surface area contributed by atoms with Gasteiger partial charge in [-0.15, -0.1) is 0 Å². The van der Waals surface area contributed by atoms with Gasteiger partial charge in [-0.2, -0.15) is 0 Å². The minimum Gasteiger partial charge on any atom is -0.492 e. The minimum absolute atomic E-state index is 0.0888. The molecule has 0 spiro atoms. The molecule has 14 heavy (non-hydrogen) atoms. The first-order valence-electron chi connectivity index (χ1n) is 4.23. The lowest BCUT2D eigenvalue weighted by molar-refractivity contribution is 0.158. The van der Waals surface area contributed by atoms with Crippen molar-refractivity contribution in [3.8, 4) is 5.75 Å². The van der Waals surface area contributed by atoms with E-state index in [1.807, 2.05) is 5.48 Å². The summed E-state index contributed by atoms with van der Waals surface area (Å²) in [6.45, 7) is 0.266. The maximum atomic E-state index is 13.2. The Morgan fingerprint density at radius 1 is 1.43 bits per heavy atom. The van der Waals surface area contributed by atoms with Crippen LogP contribution in [0.1, 0.15) is 11.1 Å². The quantitative estimate of drug-likeness (QED) is 0.710. The molecule has 0 radical (unpaired) electrons. The van der Waals surface area contributed by atoms with Crippen LogP contribution in [0.4, 0.5) is 8.78 Å². The van der Waals surface area contributed by atoms with E-state index >= 15 is 0 Å². The molecule has 76 valence electrons. The van der Waals surface area contributed by atoms with Crippen molar-refractivity contribution in [2.75, 3.05) is 6.61 Å². The second-order valence-corrected chi connectivity index (χ2v) is 3.06. The highest BCUT2D eigenvalue weighted by molar-refractivity contribution is 5.45. The summed E-state index contributed by atoms with van der Waals surface area (Å²) < 4.78 is 31.5. The summed E-state index contributed by atoms with van der Waals surface area (Å²) in [5.74, 6) is -1.06. The predicted molar refractivity (Wildman–Crippen MR) is 44.2 cm³/mol. The summed E-state index contributed by atoms with van der Waals surface area (Å²) in [5, 5.41) is 8.48. The van der Waals surface area contributed by atoms with Crippen LogP contribution in [-0.4, -0.2) is 11.8 Å². The van der Waals surface area contributed by atoms with E-state index < -0.39 is 11.6 Å². The first-order chi connectivity index (χ1) is 6.74. The number of ether oxygens (including phenoxy) is 1. The number of hydrogen-bond donors (Lipinski definition) is 2. The number of fused-ring (bicyclic) bond motifs is 1. The summed E-state index contributed by atoms with van der Waals surface area (Å²) in [6, 6.07) is 0.820. The Morgan fingerprint density at radius 2 is 2.21 bits per heavy atom. The Hall–Kier alpha value is -1.20. The molecule has 1 heterocycles. The van der Waals surface area contributed by atoms with Crippen molar-refractivity contribution >= 4 is 0 Å². The molecule has 1 aliphatic rings. The van der Waals surface area contributed by atoms with E-state index in [0.717, 1.165) is 6.07 Å². The van der Waals surface area contributed by atoms with Crippen LogP contribution in [0.25, 0.3) is 0 Å². The van der Waals surface area contributed by atoms with E-state index in [9.17, 15) is 8.78 Å². The second kappa shape index (κ2) is 3.51. The molecular weight excluding hydrogens is 192 g/mol. The monoisotopic (exact) mass is 201 g/mol. The first-order valence-corrected chi connectivity index (χ1v) is 4.23. The van der Waals surface area contributed by atoms with Crippen LogP contribution in [0.2, 0.25) is 0 Å². The van der Waals surface area contributed by atoms with Gasteiger partial charge in [0.1, 0.15) is 17.4 Å². The van der Waals surface area contributed by atoms with E-state index in [4.69, 9.17) is 9.94 Å². The van der Waals surface area contributed by atoms with Gasteiger partial charge < -0.3 is 9.94 Å². The zero-order chi connectivity index (χ0) is 10.1. The molecule has 0 bridgehead atoms. The molecular formula is C9H9F2NO2. The molecule has 1 aromatic carbocycles. The lowest BCUT2D eigenvalue weighted by Gasteiger charge is -2.08. The van der Waals surface area contributed by atoms with Crippen molar-refractivity contribution in [2.45, 2.75) is 13.0 Å². The lowest BCUT2D eigenvalue weighted by Crippen LogP contribution is -2.10. The molecule has 2 rings (SSSR count). The van der Waals surface area contributed by atoms with Crippen LogP contribution in [0.5, 0.6) is 5.75 Å². The van der Waals surface area contributed by atoms with E-state index in [1.165, 1.54) is 0 Å². The Kier molecular flexibility index (Phi) is 2.35. The van der Waals surface area contributed by atoms with Crippen molar-refractivity contribution in [1.82, 2.24) is 5.48 Å². The van der Waals surface area contributed by atoms with Gasteiger partial charge in [0.05, 0.1) is 13.2 Å². The average molecular weight is 201 g/mol. The van der Waals surface area contributed by atoms with Gasteiger partial charge in [0.25, 0.3) is 0 Å². The number of hydroxylamine groups is 1. The highest BCUT2D eigenvalue weighted by Gasteiger charge is 2.23. The molecule has 1 aliphatic heterocycles. The maximum Gasteiger partial charge on any atom is 0.134 e. The minimum atomic E-state index is -0.704. The number of rotatable bonds is 2. The van der Waals surface area contributed by atoms with Crippen molar-refractivity contribution in [1.29, 1.82) is 0 Å². The molecule has 5 heteroatoms. The van der Waals surface area contributed by atoms with Crippen LogP contribution in [0.15, 0.2) is 6.07 Å². The molecule has 0 amide bonds. The number of hydrogen-bond acceptors (Lipinski definition) is 3. The van der Waals surface area contributed by atoms with Gasteiger partial charge >= 0.3 is 0 Å². The zero-order valence-corrected chi connectivity index (χ0v) is 7.31. The first kappa shape index (κ1) is 9.36. The molecule has 0 aliphatic carbocycles. The Labute approximate surface area is 79.3 Å². The summed E-state index contributed by atoms with van der Waals surface area (Å²) in [7, 11) is 0. The van der Waals surface area contributed by atoms with Crippen LogP contribution >= 0.6 is 0 Å². The fourth-order valence-electron chi connectivity index (χ4n) is 1.59. The van der Waals surface area contributed by atoms with E-state index in [-0.39, 0.29) is 17.9 Å². The second-order valence-electron chi connectivity index (χ2n) is 3.06. The molecule has 0 unspecified atom stereocenters. The zero-order valence-electron chi connectivity index (χ0n) is 7.31. The molecule has 2 N–H and O–H groups in total. The molecule has 0 saturated heterocycles. The number of benzene rings is 1. The Morgan fingerprint density at radius 3 is 2.93 bits per heavy atom. The van der Waals surface area contributed by atoms with Crippen LogP contribution in [0.3, 0.4) is 0 Å². The largest absolute Gasteiger partial charge is 0.492 e. The van der Waals surface area contributed by atoms with Crippen LogP contribution < -0.4 is 10.2 Å².